The van der Waals surface area contributed by atoms with Crippen LogP contribution in [0.5, 0.6) is 5.75 Å². The molecular formula is C13H17N3O2. The molecule has 5 heteroatoms. The summed E-state index contributed by atoms with van der Waals surface area (Å²) in [6, 6.07) is 7.50. The maximum atomic E-state index is 12.2. The summed E-state index contributed by atoms with van der Waals surface area (Å²) in [4.78, 5) is 16.0. The van der Waals surface area contributed by atoms with Crippen molar-refractivity contribution in [1.82, 2.24) is 15.1 Å². The van der Waals surface area contributed by atoms with Gasteiger partial charge in [0.05, 0.1) is 6.04 Å². The number of phenolic OH excluding ortho intramolecular Hbond substituents is 1. The van der Waals surface area contributed by atoms with E-state index in [0.717, 1.165) is 31.7 Å². The largest absolute Gasteiger partial charge is 0.508 e. The molecule has 0 radical (unpaired) electrons. The van der Waals surface area contributed by atoms with Crippen LogP contribution < -0.4 is 5.32 Å². The van der Waals surface area contributed by atoms with E-state index >= 15 is 0 Å². The molecule has 2 heterocycles. The number of carbonyl (C=O) groups is 1. The molecule has 2 aliphatic rings. The number of urea groups is 1. The van der Waals surface area contributed by atoms with Crippen molar-refractivity contribution >= 4 is 6.03 Å². The highest BCUT2D eigenvalue weighted by atomic mass is 16.3. The summed E-state index contributed by atoms with van der Waals surface area (Å²) in [5.74, 6) is 0.249. The first-order valence-electron chi connectivity index (χ1n) is 6.28. The SMILES string of the molecule is O=C1N(Cc2cccc(O)c2)CC2CNCCN12. The summed E-state index contributed by atoms with van der Waals surface area (Å²) < 4.78 is 0. The van der Waals surface area contributed by atoms with Gasteiger partial charge in [0.1, 0.15) is 5.75 Å². The molecular weight excluding hydrogens is 230 g/mol. The van der Waals surface area contributed by atoms with Crippen LogP contribution in [-0.2, 0) is 6.54 Å². The van der Waals surface area contributed by atoms with Crippen LogP contribution in [0.25, 0.3) is 0 Å². The van der Waals surface area contributed by atoms with E-state index in [9.17, 15) is 9.90 Å². The molecule has 0 aliphatic carbocycles. The smallest absolute Gasteiger partial charge is 0.320 e. The van der Waals surface area contributed by atoms with Gasteiger partial charge >= 0.3 is 6.03 Å². The Hall–Kier alpha value is -1.75. The van der Waals surface area contributed by atoms with Gasteiger partial charge in [-0.15, -0.1) is 0 Å². The summed E-state index contributed by atoms with van der Waals surface area (Å²) in [5, 5.41) is 12.7. The van der Waals surface area contributed by atoms with Crippen LogP contribution in [0.2, 0.25) is 0 Å². The van der Waals surface area contributed by atoms with Crippen LogP contribution in [0.15, 0.2) is 24.3 Å². The van der Waals surface area contributed by atoms with Gasteiger partial charge in [-0.1, -0.05) is 12.1 Å². The highest BCUT2D eigenvalue weighted by molar-refractivity contribution is 5.77. The van der Waals surface area contributed by atoms with E-state index in [1.165, 1.54) is 0 Å². The molecule has 2 amide bonds. The number of phenols is 1. The minimum absolute atomic E-state index is 0.116. The number of hydrogen-bond donors (Lipinski definition) is 2. The van der Waals surface area contributed by atoms with E-state index in [0.29, 0.717) is 12.6 Å². The lowest BCUT2D eigenvalue weighted by molar-refractivity contribution is 0.178. The topological polar surface area (TPSA) is 55.8 Å². The molecule has 96 valence electrons. The van der Waals surface area contributed by atoms with E-state index < -0.39 is 0 Å². The van der Waals surface area contributed by atoms with Crippen LogP contribution >= 0.6 is 0 Å². The van der Waals surface area contributed by atoms with Gasteiger partial charge < -0.3 is 20.2 Å². The zero-order chi connectivity index (χ0) is 12.5. The Kier molecular flexibility index (Phi) is 2.83. The summed E-state index contributed by atoms with van der Waals surface area (Å²) in [5.41, 5.74) is 0.969. The fourth-order valence-corrected chi connectivity index (χ4v) is 2.70. The number of rotatable bonds is 2. The number of hydrogen-bond acceptors (Lipinski definition) is 3. The quantitative estimate of drug-likeness (QED) is 0.804. The lowest BCUT2D eigenvalue weighted by atomic mass is 10.2. The highest BCUT2D eigenvalue weighted by Gasteiger charge is 2.38. The third kappa shape index (κ3) is 2.01. The van der Waals surface area contributed by atoms with E-state index in [4.69, 9.17) is 0 Å². The molecule has 2 fully saturated rings. The molecule has 0 saturated carbocycles. The zero-order valence-electron chi connectivity index (χ0n) is 10.2. The number of aromatic hydroxyl groups is 1. The summed E-state index contributed by atoms with van der Waals surface area (Å²) >= 11 is 0. The van der Waals surface area contributed by atoms with Crippen molar-refractivity contribution in [3.8, 4) is 5.75 Å². The molecule has 2 aliphatic heterocycles. The van der Waals surface area contributed by atoms with E-state index in [1.807, 2.05) is 15.9 Å². The van der Waals surface area contributed by atoms with Gasteiger partial charge in [0.2, 0.25) is 0 Å². The van der Waals surface area contributed by atoms with Gasteiger partial charge in [-0.2, -0.15) is 0 Å². The molecule has 1 atom stereocenters. The van der Waals surface area contributed by atoms with Crippen LogP contribution in [0.3, 0.4) is 0 Å². The average molecular weight is 247 g/mol. The standard InChI is InChI=1S/C13H17N3O2/c17-12-3-1-2-10(6-12)8-15-9-11-7-14-4-5-16(11)13(15)18/h1-3,6,11,14,17H,4-5,7-9H2. The molecule has 0 spiro atoms. The van der Waals surface area contributed by atoms with Gasteiger partial charge in [-0.3, -0.25) is 0 Å². The van der Waals surface area contributed by atoms with Crippen molar-refractivity contribution in [2.75, 3.05) is 26.2 Å². The number of fused-ring (bicyclic) bond motifs is 1. The lowest BCUT2D eigenvalue weighted by Crippen LogP contribution is -2.49. The van der Waals surface area contributed by atoms with Crippen molar-refractivity contribution in [1.29, 1.82) is 0 Å². The second kappa shape index (κ2) is 4.49. The van der Waals surface area contributed by atoms with E-state index in [-0.39, 0.29) is 11.8 Å². The van der Waals surface area contributed by atoms with Crippen LogP contribution in [0, 0.1) is 0 Å². The Morgan fingerprint density at radius 2 is 2.33 bits per heavy atom. The zero-order valence-corrected chi connectivity index (χ0v) is 10.2. The molecule has 0 aromatic heterocycles. The fourth-order valence-electron chi connectivity index (χ4n) is 2.70. The van der Waals surface area contributed by atoms with Gasteiger partial charge in [-0.05, 0) is 17.7 Å². The van der Waals surface area contributed by atoms with Crippen LogP contribution in [0.4, 0.5) is 4.79 Å². The molecule has 2 saturated heterocycles. The summed E-state index contributed by atoms with van der Waals surface area (Å²) in [7, 11) is 0. The van der Waals surface area contributed by atoms with Gasteiger partial charge in [0, 0.05) is 32.7 Å². The Balaban J connectivity index is 1.72. The lowest BCUT2D eigenvalue weighted by Gasteiger charge is -2.28. The average Bonchev–Trinajstić information content (AvgIpc) is 2.67. The number of amides is 2. The predicted molar refractivity (Wildman–Crippen MR) is 67.3 cm³/mol. The maximum absolute atomic E-state index is 12.2. The number of carbonyl (C=O) groups excluding carboxylic acids is 1. The monoisotopic (exact) mass is 247 g/mol. The summed E-state index contributed by atoms with van der Waals surface area (Å²) in [6.45, 7) is 3.88. The Bertz CT molecular complexity index is 463. The molecule has 0 bridgehead atoms. The van der Waals surface area contributed by atoms with Crippen LogP contribution in [-0.4, -0.2) is 53.2 Å². The van der Waals surface area contributed by atoms with Crippen molar-refractivity contribution in [2.45, 2.75) is 12.6 Å². The Morgan fingerprint density at radius 1 is 1.44 bits per heavy atom. The third-order valence-electron chi connectivity index (χ3n) is 3.58. The summed E-state index contributed by atoms with van der Waals surface area (Å²) in [6.07, 6.45) is 0. The van der Waals surface area contributed by atoms with Crippen molar-refractivity contribution in [3.63, 3.8) is 0 Å². The number of nitrogens with one attached hydrogen (secondary N) is 1. The normalized spacial score (nSPS) is 23.3. The number of benzene rings is 1. The minimum Gasteiger partial charge on any atom is -0.508 e. The van der Waals surface area contributed by atoms with Crippen LogP contribution in [0.1, 0.15) is 5.56 Å². The van der Waals surface area contributed by atoms with Gasteiger partial charge in [-0.25, -0.2) is 4.79 Å². The minimum atomic E-state index is 0.116. The fraction of sp³-hybridized carbons (Fsp3) is 0.462. The molecule has 1 aromatic rings. The molecule has 1 aromatic carbocycles. The molecule has 5 nitrogen and oxygen atoms in total. The van der Waals surface area contributed by atoms with E-state index in [1.54, 1.807) is 18.2 Å². The van der Waals surface area contributed by atoms with Gasteiger partial charge in [0.25, 0.3) is 0 Å². The van der Waals surface area contributed by atoms with Crippen molar-refractivity contribution < 1.29 is 9.90 Å². The number of piperazine rings is 1. The second-order valence-corrected chi connectivity index (χ2v) is 4.88. The van der Waals surface area contributed by atoms with Gasteiger partial charge in [0.15, 0.2) is 0 Å². The predicted octanol–water partition coefficient (Wildman–Crippen LogP) is 0.602. The molecule has 2 N–H and O–H groups in total. The highest BCUT2D eigenvalue weighted by Crippen LogP contribution is 2.21. The first-order valence-corrected chi connectivity index (χ1v) is 6.28. The molecule has 3 rings (SSSR count). The first-order chi connectivity index (χ1) is 8.74. The Morgan fingerprint density at radius 3 is 3.11 bits per heavy atom. The number of nitrogens with zero attached hydrogens (tertiary/aromatic N) is 2. The third-order valence-corrected chi connectivity index (χ3v) is 3.58. The maximum Gasteiger partial charge on any atom is 0.320 e. The molecule has 1 unspecified atom stereocenters. The molecule has 18 heavy (non-hydrogen) atoms. The second-order valence-electron chi connectivity index (χ2n) is 4.88. The Labute approximate surface area is 106 Å². The van der Waals surface area contributed by atoms with E-state index in [2.05, 4.69) is 5.32 Å². The van der Waals surface area contributed by atoms with Crippen molar-refractivity contribution in [3.05, 3.63) is 29.8 Å². The first kappa shape index (κ1) is 11.3. The van der Waals surface area contributed by atoms with Crippen molar-refractivity contribution in [2.24, 2.45) is 0 Å².